The van der Waals surface area contributed by atoms with E-state index in [-0.39, 0.29) is 12.1 Å². The van der Waals surface area contributed by atoms with Gasteiger partial charge in [-0.2, -0.15) is 0 Å². The highest BCUT2D eigenvalue weighted by Crippen LogP contribution is 2.25. The van der Waals surface area contributed by atoms with Gasteiger partial charge in [-0.3, -0.25) is 4.98 Å². The van der Waals surface area contributed by atoms with Crippen molar-refractivity contribution in [3.8, 4) is 16.9 Å². The van der Waals surface area contributed by atoms with Gasteiger partial charge in [0.25, 0.3) is 0 Å². The summed E-state index contributed by atoms with van der Waals surface area (Å²) in [5.74, 6) is 0.752. The highest BCUT2D eigenvalue weighted by molar-refractivity contribution is 5.89. The van der Waals surface area contributed by atoms with E-state index in [4.69, 9.17) is 4.74 Å². The van der Waals surface area contributed by atoms with E-state index in [1.165, 1.54) is 0 Å². The Morgan fingerprint density at radius 1 is 1.04 bits per heavy atom. The molecule has 0 aliphatic carbocycles. The number of pyridine rings is 1. The van der Waals surface area contributed by atoms with Gasteiger partial charge in [-0.05, 0) is 55.3 Å². The summed E-state index contributed by atoms with van der Waals surface area (Å²) in [5, 5.41) is 5.80. The SMILES string of the molecule is COc1ccccc1[C@@H](C)NC(=O)Nc1ccc(-c2ccnc(C)c2)cc1. The van der Waals surface area contributed by atoms with E-state index in [0.29, 0.717) is 0 Å². The zero-order chi connectivity index (χ0) is 19.2. The molecule has 138 valence electrons. The predicted octanol–water partition coefficient (Wildman–Crippen LogP) is 4.95. The number of rotatable bonds is 5. The van der Waals surface area contributed by atoms with Crippen LogP contribution in [0, 0.1) is 6.92 Å². The molecular weight excluding hydrogens is 338 g/mol. The minimum atomic E-state index is -0.263. The Morgan fingerprint density at radius 2 is 1.78 bits per heavy atom. The lowest BCUT2D eigenvalue weighted by atomic mass is 10.1. The average Bonchev–Trinajstić information content (AvgIpc) is 2.68. The van der Waals surface area contributed by atoms with Crippen molar-refractivity contribution in [1.29, 1.82) is 0 Å². The third-order valence-electron chi connectivity index (χ3n) is 4.33. The maximum absolute atomic E-state index is 12.3. The molecule has 2 N–H and O–H groups in total. The van der Waals surface area contributed by atoms with Gasteiger partial charge in [0.1, 0.15) is 5.75 Å². The normalized spacial score (nSPS) is 11.5. The molecule has 0 unspecified atom stereocenters. The summed E-state index contributed by atoms with van der Waals surface area (Å²) >= 11 is 0. The minimum Gasteiger partial charge on any atom is -0.496 e. The van der Waals surface area contributed by atoms with Gasteiger partial charge in [0, 0.05) is 23.1 Å². The number of amides is 2. The first-order valence-corrected chi connectivity index (χ1v) is 8.80. The molecule has 1 aromatic heterocycles. The number of ether oxygens (including phenoxy) is 1. The van der Waals surface area contributed by atoms with Crippen LogP contribution in [0.4, 0.5) is 10.5 Å². The maximum atomic E-state index is 12.3. The van der Waals surface area contributed by atoms with Crippen LogP contribution in [0.5, 0.6) is 5.75 Å². The lowest BCUT2D eigenvalue weighted by Gasteiger charge is -2.17. The standard InChI is InChI=1S/C22H23N3O2/c1-15-14-18(12-13-23-15)17-8-10-19(11-9-17)25-22(26)24-16(2)20-6-4-5-7-21(20)27-3/h4-14,16H,1-3H3,(H2,24,25,26)/t16-/m1/s1. The van der Waals surface area contributed by atoms with Crippen LogP contribution >= 0.6 is 0 Å². The summed E-state index contributed by atoms with van der Waals surface area (Å²) in [5.41, 5.74) is 4.81. The molecule has 0 spiro atoms. The van der Waals surface area contributed by atoms with Crippen LogP contribution in [0.25, 0.3) is 11.1 Å². The van der Waals surface area contributed by atoms with Gasteiger partial charge in [-0.25, -0.2) is 4.79 Å². The van der Waals surface area contributed by atoms with Crippen molar-refractivity contribution in [3.63, 3.8) is 0 Å². The van der Waals surface area contributed by atoms with Gasteiger partial charge in [0.15, 0.2) is 0 Å². The second-order valence-corrected chi connectivity index (χ2v) is 6.33. The van der Waals surface area contributed by atoms with E-state index in [1.54, 1.807) is 13.3 Å². The summed E-state index contributed by atoms with van der Waals surface area (Å²) in [6.07, 6.45) is 1.80. The monoisotopic (exact) mass is 361 g/mol. The summed E-state index contributed by atoms with van der Waals surface area (Å²) in [6, 6.07) is 18.9. The molecule has 0 aliphatic rings. The molecule has 0 saturated carbocycles. The van der Waals surface area contributed by atoms with Crippen LogP contribution in [-0.2, 0) is 0 Å². The van der Waals surface area contributed by atoms with E-state index < -0.39 is 0 Å². The second kappa shape index (κ2) is 8.36. The van der Waals surface area contributed by atoms with Crippen molar-refractivity contribution in [1.82, 2.24) is 10.3 Å². The lowest BCUT2D eigenvalue weighted by molar-refractivity contribution is 0.249. The second-order valence-electron chi connectivity index (χ2n) is 6.33. The zero-order valence-corrected chi connectivity index (χ0v) is 15.7. The molecular formula is C22H23N3O2. The van der Waals surface area contributed by atoms with Crippen molar-refractivity contribution < 1.29 is 9.53 Å². The fourth-order valence-corrected chi connectivity index (χ4v) is 2.94. The number of nitrogens with one attached hydrogen (secondary N) is 2. The summed E-state index contributed by atoms with van der Waals surface area (Å²) in [4.78, 5) is 16.5. The van der Waals surface area contributed by atoms with Crippen molar-refractivity contribution in [2.24, 2.45) is 0 Å². The van der Waals surface area contributed by atoms with E-state index in [9.17, 15) is 4.79 Å². The summed E-state index contributed by atoms with van der Waals surface area (Å²) in [7, 11) is 1.62. The molecule has 1 heterocycles. The van der Waals surface area contributed by atoms with Crippen molar-refractivity contribution in [3.05, 3.63) is 78.1 Å². The van der Waals surface area contributed by atoms with Crippen LogP contribution in [-0.4, -0.2) is 18.1 Å². The third kappa shape index (κ3) is 4.64. The number of hydrogen-bond acceptors (Lipinski definition) is 3. The quantitative estimate of drug-likeness (QED) is 0.676. The fraction of sp³-hybridized carbons (Fsp3) is 0.182. The number of para-hydroxylation sites is 1. The molecule has 0 saturated heterocycles. The number of aromatic nitrogens is 1. The molecule has 3 rings (SSSR count). The first-order valence-electron chi connectivity index (χ1n) is 8.80. The van der Waals surface area contributed by atoms with E-state index in [2.05, 4.69) is 15.6 Å². The number of urea groups is 1. The number of nitrogens with zero attached hydrogens (tertiary/aromatic N) is 1. The van der Waals surface area contributed by atoms with Crippen LogP contribution in [0.2, 0.25) is 0 Å². The molecule has 5 heteroatoms. The van der Waals surface area contributed by atoms with E-state index in [0.717, 1.165) is 33.8 Å². The van der Waals surface area contributed by atoms with Crippen LogP contribution in [0.15, 0.2) is 66.9 Å². The number of methoxy groups -OCH3 is 1. The number of carbonyl (C=O) groups is 1. The number of hydrogen-bond donors (Lipinski definition) is 2. The highest BCUT2D eigenvalue weighted by atomic mass is 16.5. The number of carbonyl (C=O) groups excluding carboxylic acids is 1. The van der Waals surface area contributed by atoms with Crippen LogP contribution in [0.3, 0.4) is 0 Å². The Hall–Kier alpha value is -3.34. The van der Waals surface area contributed by atoms with Gasteiger partial charge >= 0.3 is 6.03 Å². The smallest absolute Gasteiger partial charge is 0.319 e. The molecule has 3 aromatic rings. The van der Waals surface area contributed by atoms with E-state index in [1.807, 2.05) is 74.5 Å². The first kappa shape index (κ1) is 18.5. The summed E-state index contributed by atoms with van der Waals surface area (Å²) in [6.45, 7) is 3.89. The molecule has 0 radical (unpaired) electrons. The summed E-state index contributed by atoms with van der Waals surface area (Å²) < 4.78 is 5.35. The van der Waals surface area contributed by atoms with Crippen molar-refractivity contribution in [2.45, 2.75) is 19.9 Å². The molecule has 0 aliphatic heterocycles. The molecule has 1 atom stereocenters. The van der Waals surface area contributed by atoms with Gasteiger partial charge in [0.05, 0.1) is 13.2 Å². The van der Waals surface area contributed by atoms with Gasteiger partial charge < -0.3 is 15.4 Å². The highest BCUT2D eigenvalue weighted by Gasteiger charge is 2.13. The zero-order valence-electron chi connectivity index (χ0n) is 15.7. The Balaban J connectivity index is 1.64. The third-order valence-corrected chi connectivity index (χ3v) is 4.33. The number of anilines is 1. The lowest BCUT2D eigenvalue weighted by Crippen LogP contribution is -2.31. The van der Waals surface area contributed by atoms with Crippen LogP contribution < -0.4 is 15.4 Å². The van der Waals surface area contributed by atoms with Crippen LogP contribution in [0.1, 0.15) is 24.2 Å². The molecule has 2 amide bonds. The molecule has 0 bridgehead atoms. The van der Waals surface area contributed by atoms with E-state index >= 15 is 0 Å². The van der Waals surface area contributed by atoms with Crippen molar-refractivity contribution >= 4 is 11.7 Å². The predicted molar refractivity (Wildman–Crippen MR) is 108 cm³/mol. The number of aryl methyl sites for hydroxylation is 1. The minimum absolute atomic E-state index is 0.180. The Labute approximate surface area is 159 Å². The Bertz CT molecular complexity index is 923. The van der Waals surface area contributed by atoms with Gasteiger partial charge in [-0.1, -0.05) is 30.3 Å². The molecule has 2 aromatic carbocycles. The Kier molecular flexibility index (Phi) is 5.71. The number of benzene rings is 2. The average molecular weight is 361 g/mol. The molecule has 0 fully saturated rings. The first-order chi connectivity index (χ1) is 13.1. The molecule has 27 heavy (non-hydrogen) atoms. The van der Waals surface area contributed by atoms with Crippen molar-refractivity contribution in [2.75, 3.05) is 12.4 Å². The Morgan fingerprint density at radius 3 is 2.48 bits per heavy atom. The largest absolute Gasteiger partial charge is 0.496 e. The molecule has 5 nitrogen and oxygen atoms in total. The van der Waals surface area contributed by atoms with Gasteiger partial charge in [0.2, 0.25) is 0 Å². The topological polar surface area (TPSA) is 63.2 Å². The van der Waals surface area contributed by atoms with Gasteiger partial charge in [-0.15, -0.1) is 0 Å². The fourth-order valence-electron chi connectivity index (χ4n) is 2.94. The maximum Gasteiger partial charge on any atom is 0.319 e.